The molecule has 0 aliphatic rings. The van der Waals surface area contributed by atoms with E-state index >= 15 is 0 Å². The quantitative estimate of drug-likeness (QED) is 0.699. The third kappa shape index (κ3) is 2.54. The van der Waals surface area contributed by atoms with Crippen LogP contribution in [0.1, 0.15) is 5.56 Å². The van der Waals surface area contributed by atoms with Crippen LogP contribution >= 0.6 is 24.2 Å². The Hall–Kier alpha value is -0.470. The van der Waals surface area contributed by atoms with E-state index in [1.54, 1.807) is 6.07 Å². The van der Waals surface area contributed by atoms with E-state index in [0.29, 0.717) is 10.8 Å². The van der Waals surface area contributed by atoms with Crippen molar-refractivity contribution in [2.45, 2.75) is 0 Å². The third-order valence-corrected chi connectivity index (χ3v) is 1.90. The molecule has 0 nitrogen and oxygen atoms in total. The van der Waals surface area contributed by atoms with Crippen LogP contribution in [-0.4, -0.2) is 5.75 Å². The van der Waals surface area contributed by atoms with Gasteiger partial charge in [0.05, 0.1) is 5.02 Å². The van der Waals surface area contributed by atoms with Gasteiger partial charge in [-0.2, -0.15) is 12.6 Å². The summed E-state index contributed by atoms with van der Waals surface area (Å²) in [4.78, 5) is 0. The van der Waals surface area contributed by atoms with Gasteiger partial charge in [0.1, 0.15) is 5.82 Å². The number of hydrogen-bond donors (Lipinski definition) is 1. The van der Waals surface area contributed by atoms with Crippen LogP contribution in [0.15, 0.2) is 24.3 Å². The molecule has 0 aromatic heterocycles. The summed E-state index contributed by atoms with van der Waals surface area (Å²) in [7, 11) is 0. The molecule has 0 bridgehead atoms. The molecule has 0 heterocycles. The fraction of sp³-hybridized carbons (Fsp3) is 0.111. The average Bonchev–Trinajstić information content (AvgIpc) is 2.03. The first-order chi connectivity index (χ1) is 5.74. The van der Waals surface area contributed by atoms with Crippen molar-refractivity contribution < 1.29 is 4.39 Å². The van der Waals surface area contributed by atoms with Crippen molar-refractivity contribution in [3.05, 3.63) is 40.7 Å². The number of thiol groups is 1. The lowest BCUT2D eigenvalue weighted by Gasteiger charge is -1.96. The van der Waals surface area contributed by atoms with Gasteiger partial charge >= 0.3 is 0 Å². The molecule has 0 amide bonds. The van der Waals surface area contributed by atoms with Crippen molar-refractivity contribution in [1.82, 2.24) is 0 Å². The normalized spacial score (nSPS) is 10.9. The lowest BCUT2D eigenvalue weighted by atomic mass is 10.2. The molecule has 64 valence electrons. The average molecular weight is 203 g/mol. The summed E-state index contributed by atoms with van der Waals surface area (Å²) in [6, 6.07) is 4.31. The van der Waals surface area contributed by atoms with Crippen LogP contribution in [0.2, 0.25) is 5.02 Å². The summed E-state index contributed by atoms with van der Waals surface area (Å²) in [6.07, 6.45) is 3.66. The smallest absolute Gasteiger partial charge is 0.124 e. The fourth-order valence-corrected chi connectivity index (χ4v) is 1.15. The SMILES string of the molecule is Fc1ccc(C=CCS)c(Cl)c1. The molecule has 0 spiro atoms. The van der Waals surface area contributed by atoms with E-state index in [9.17, 15) is 4.39 Å². The second kappa shape index (κ2) is 4.53. The molecular formula is C9H8ClFS. The Labute approximate surface area is 81.5 Å². The molecule has 1 aromatic rings. The van der Waals surface area contributed by atoms with Crippen LogP contribution in [0.3, 0.4) is 0 Å². The molecule has 0 aliphatic carbocycles. The zero-order valence-corrected chi connectivity index (χ0v) is 7.95. The summed E-state index contributed by atoms with van der Waals surface area (Å²) in [5.74, 6) is 0.330. The molecule has 0 saturated heterocycles. The molecule has 0 N–H and O–H groups in total. The molecule has 0 saturated carbocycles. The third-order valence-electron chi connectivity index (χ3n) is 1.37. The summed E-state index contributed by atoms with van der Waals surface area (Å²) >= 11 is 9.75. The Morgan fingerprint density at radius 2 is 2.25 bits per heavy atom. The molecule has 0 aliphatic heterocycles. The predicted molar refractivity (Wildman–Crippen MR) is 54.3 cm³/mol. The van der Waals surface area contributed by atoms with E-state index in [2.05, 4.69) is 12.6 Å². The van der Waals surface area contributed by atoms with E-state index in [4.69, 9.17) is 11.6 Å². The highest BCUT2D eigenvalue weighted by molar-refractivity contribution is 7.80. The lowest BCUT2D eigenvalue weighted by molar-refractivity contribution is 0.628. The molecule has 1 rings (SSSR count). The number of halogens is 2. The van der Waals surface area contributed by atoms with Crippen molar-refractivity contribution in [1.29, 1.82) is 0 Å². The van der Waals surface area contributed by atoms with Gasteiger partial charge in [-0.05, 0) is 17.7 Å². The van der Waals surface area contributed by atoms with Gasteiger partial charge in [-0.3, -0.25) is 0 Å². The number of benzene rings is 1. The Morgan fingerprint density at radius 3 is 2.83 bits per heavy atom. The first kappa shape index (κ1) is 9.62. The highest BCUT2D eigenvalue weighted by Crippen LogP contribution is 2.18. The first-order valence-electron chi connectivity index (χ1n) is 3.46. The van der Waals surface area contributed by atoms with Crippen LogP contribution in [0.25, 0.3) is 6.08 Å². The van der Waals surface area contributed by atoms with Gasteiger partial charge in [0, 0.05) is 5.75 Å². The van der Waals surface area contributed by atoms with Gasteiger partial charge < -0.3 is 0 Å². The Bertz CT molecular complexity index is 297. The topological polar surface area (TPSA) is 0 Å². The summed E-state index contributed by atoms with van der Waals surface area (Å²) in [6.45, 7) is 0. The second-order valence-corrected chi connectivity index (χ2v) is 3.02. The molecule has 12 heavy (non-hydrogen) atoms. The van der Waals surface area contributed by atoms with Crippen molar-refractivity contribution in [2.24, 2.45) is 0 Å². The fourth-order valence-electron chi connectivity index (χ4n) is 0.816. The van der Waals surface area contributed by atoms with Gasteiger partial charge in [0.2, 0.25) is 0 Å². The van der Waals surface area contributed by atoms with Gasteiger partial charge in [-0.1, -0.05) is 29.8 Å². The predicted octanol–water partition coefficient (Wildman–Crippen LogP) is 3.42. The van der Waals surface area contributed by atoms with Crippen molar-refractivity contribution in [2.75, 3.05) is 5.75 Å². The Kier molecular flexibility index (Phi) is 3.63. The Balaban J connectivity index is 2.94. The van der Waals surface area contributed by atoms with Crippen molar-refractivity contribution >= 4 is 30.3 Å². The van der Waals surface area contributed by atoms with E-state index in [1.165, 1.54) is 12.1 Å². The van der Waals surface area contributed by atoms with E-state index < -0.39 is 0 Å². The van der Waals surface area contributed by atoms with Crippen LogP contribution in [0.5, 0.6) is 0 Å². The maximum absolute atomic E-state index is 12.5. The summed E-state index contributed by atoms with van der Waals surface area (Å²) < 4.78 is 12.5. The van der Waals surface area contributed by atoms with Gasteiger partial charge in [0.15, 0.2) is 0 Å². The molecule has 0 radical (unpaired) electrons. The standard InChI is InChI=1S/C9H8ClFS/c10-9-6-8(11)4-3-7(9)2-1-5-12/h1-4,6,12H,5H2. The highest BCUT2D eigenvalue weighted by Gasteiger charge is 1.96. The molecule has 0 fully saturated rings. The minimum absolute atomic E-state index is 0.317. The molecule has 3 heteroatoms. The molecule has 1 aromatic carbocycles. The van der Waals surface area contributed by atoms with Crippen molar-refractivity contribution in [3.8, 4) is 0 Å². The lowest BCUT2D eigenvalue weighted by Crippen LogP contribution is -1.78. The molecular weight excluding hydrogens is 195 g/mol. The van der Waals surface area contributed by atoms with E-state index in [0.717, 1.165) is 5.56 Å². The monoisotopic (exact) mass is 202 g/mol. The van der Waals surface area contributed by atoms with E-state index in [1.807, 2.05) is 12.2 Å². The van der Waals surface area contributed by atoms with Crippen molar-refractivity contribution in [3.63, 3.8) is 0 Å². The second-order valence-electron chi connectivity index (χ2n) is 2.25. The van der Waals surface area contributed by atoms with Crippen LogP contribution in [-0.2, 0) is 0 Å². The van der Waals surface area contributed by atoms with Crippen LogP contribution in [0.4, 0.5) is 4.39 Å². The van der Waals surface area contributed by atoms with Gasteiger partial charge in [-0.15, -0.1) is 0 Å². The number of rotatable bonds is 2. The summed E-state index contributed by atoms with van der Waals surface area (Å²) in [5.41, 5.74) is 0.812. The molecule has 0 atom stereocenters. The maximum atomic E-state index is 12.5. The van der Waals surface area contributed by atoms with Crippen LogP contribution < -0.4 is 0 Å². The first-order valence-corrected chi connectivity index (χ1v) is 4.47. The van der Waals surface area contributed by atoms with E-state index in [-0.39, 0.29) is 5.82 Å². The maximum Gasteiger partial charge on any atom is 0.124 e. The van der Waals surface area contributed by atoms with Gasteiger partial charge in [-0.25, -0.2) is 4.39 Å². The molecule has 0 unspecified atom stereocenters. The van der Waals surface area contributed by atoms with Crippen LogP contribution in [0, 0.1) is 5.82 Å². The highest BCUT2D eigenvalue weighted by atomic mass is 35.5. The largest absolute Gasteiger partial charge is 0.207 e. The zero-order chi connectivity index (χ0) is 8.97. The minimum Gasteiger partial charge on any atom is -0.207 e. The Morgan fingerprint density at radius 1 is 1.50 bits per heavy atom. The minimum atomic E-state index is -0.317. The summed E-state index contributed by atoms with van der Waals surface area (Å²) in [5, 5.41) is 0.424. The van der Waals surface area contributed by atoms with Gasteiger partial charge in [0.25, 0.3) is 0 Å². The zero-order valence-electron chi connectivity index (χ0n) is 6.30. The number of hydrogen-bond acceptors (Lipinski definition) is 1.